The number of aromatic nitrogens is 4. The molecular weight excluding hydrogens is 384 g/mol. The minimum Gasteiger partial charge on any atom is -0.351 e. The highest BCUT2D eigenvalue weighted by Crippen LogP contribution is 2.29. The van der Waals surface area contributed by atoms with E-state index in [1.165, 1.54) is 44.1 Å². The zero-order chi connectivity index (χ0) is 21.0. The first-order valence-corrected chi connectivity index (χ1v) is 11.2. The van der Waals surface area contributed by atoms with Crippen molar-refractivity contribution in [2.24, 2.45) is 0 Å². The Morgan fingerprint density at radius 1 is 0.871 bits per heavy atom. The molecule has 4 aromatic rings. The molecule has 0 aliphatic heterocycles. The number of nitrogens with one attached hydrogen (secondary N) is 2. The van der Waals surface area contributed by atoms with Gasteiger partial charge in [-0.2, -0.15) is 15.1 Å². The minimum absolute atomic E-state index is 0.416. The molecule has 0 atom stereocenters. The van der Waals surface area contributed by atoms with Crippen LogP contribution < -0.4 is 10.6 Å². The first kappa shape index (κ1) is 19.5. The number of rotatable bonds is 5. The molecular formula is C25H28N6. The van der Waals surface area contributed by atoms with Crippen molar-refractivity contribution in [1.82, 2.24) is 19.7 Å². The van der Waals surface area contributed by atoms with E-state index in [1.807, 2.05) is 53.3 Å². The highest BCUT2D eigenvalue weighted by molar-refractivity contribution is 5.90. The van der Waals surface area contributed by atoms with Crippen molar-refractivity contribution in [2.75, 3.05) is 10.6 Å². The van der Waals surface area contributed by atoms with Gasteiger partial charge in [0.25, 0.3) is 0 Å². The molecule has 1 saturated carbocycles. The Bertz CT molecular complexity index is 1160. The first-order valence-electron chi connectivity index (χ1n) is 11.2. The molecule has 6 heteroatoms. The van der Waals surface area contributed by atoms with Crippen LogP contribution >= 0.6 is 0 Å². The number of benzene rings is 2. The van der Waals surface area contributed by atoms with E-state index in [9.17, 15) is 0 Å². The number of hydrogen-bond acceptors (Lipinski definition) is 5. The third-order valence-electron chi connectivity index (χ3n) is 6.02. The quantitative estimate of drug-likeness (QED) is 0.393. The highest BCUT2D eigenvalue weighted by Gasteiger charge is 2.18. The van der Waals surface area contributed by atoms with Crippen molar-refractivity contribution < 1.29 is 0 Å². The fraction of sp³-hybridized carbons (Fsp3) is 0.320. The van der Waals surface area contributed by atoms with Crippen molar-refractivity contribution >= 4 is 28.5 Å². The number of hydrogen-bond donors (Lipinski definition) is 2. The molecule has 5 rings (SSSR count). The molecule has 0 spiro atoms. The van der Waals surface area contributed by atoms with Crippen LogP contribution in [-0.4, -0.2) is 25.8 Å². The monoisotopic (exact) mass is 412 g/mol. The lowest BCUT2D eigenvalue weighted by Gasteiger charge is -2.17. The summed E-state index contributed by atoms with van der Waals surface area (Å²) in [6, 6.07) is 18.8. The topological polar surface area (TPSA) is 67.7 Å². The van der Waals surface area contributed by atoms with Gasteiger partial charge in [0.05, 0.1) is 17.3 Å². The average Bonchev–Trinajstić information content (AvgIpc) is 3.05. The molecule has 1 aliphatic carbocycles. The van der Waals surface area contributed by atoms with Gasteiger partial charge < -0.3 is 10.6 Å². The normalized spacial score (nSPS) is 15.0. The molecule has 0 saturated heterocycles. The van der Waals surface area contributed by atoms with E-state index in [1.54, 1.807) is 0 Å². The summed E-state index contributed by atoms with van der Waals surface area (Å²) in [6.45, 7) is 2.10. The van der Waals surface area contributed by atoms with Crippen LogP contribution in [0.2, 0.25) is 0 Å². The Hall–Kier alpha value is -3.41. The lowest BCUT2D eigenvalue weighted by atomic mass is 10.1. The summed E-state index contributed by atoms with van der Waals surface area (Å²) < 4.78 is 1.89. The van der Waals surface area contributed by atoms with Gasteiger partial charge in [-0.05, 0) is 43.5 Å². The molecule has 0 unspecified atom stereocenters. The molecule has 1 aliphatic rings. The zero-order valence-corrected chi connectivity index (χ0v) is 17.9. The van der Waals surface area contributed by atoms with Crippen LogP contribution in [-0.2, 0) is 0 Å². The summed E-state index contributed by atoms with van der Waals surface area (Å²) in [5, 5.41) is 12.7. The summed E-state index contributed by atoms with van der Waals surface area (Å²) in [4.78, 5) is 9.78. The summed E-state index contributed by atoms with van der Waals surface area (Å²) in [6.07, 6.45) is 9.34. The van der Waals surface area contributed by atoms with Crippen LogP contribution in [0.4, 0.5) is 17.5 Å². The van der Waals surface area contributed by atoms with Crippen LogP contribution in [0.25, 0.3) is 16.7 Å². The van der Waals surface area contributed by atoms with E-state index in [0.717, 1.165) is 28.2 Å². The van der Waals surface area contributed by atoms with Gasteiger partial charge in [-0.3, -0.25) is 0 Å². The van der Waals surface area contributed by atoms with Gasteiger partial charge in [0, 0.05) is 11.7 Å². The molecule has 2 aromatic carbocycles. The van der Waals surface area contributed by atoms with Crippen LogP contribution in [0, 0.1) is 6.92 Å². The van der Waals surface area contributed by atoms with E-state index in [2.05, 4.69) is 34.8 Å². The van der Waals surface area contributed by atoms with Crippen molar-refractivity contribution in [3.8, 4) is 5.69 Å². The zero-order valence-electron chi connectivity index (χ0n) is 17.9. The average molecular weight is 413 g/mol. The highest BCUT2D eigenvalue weighted by atomic mass is 15.3. The smallest absolute Gasteiger partial charge is 0.226 e. The Labute approximate surface area is 182 Å². The third kappa shape index (κ3) is 4.24. The van der Waals surface area contributed by atoms with Gasteiger partial charge in [-0.25, -0.2) is 4.68 Å². The minimum atomic E-state index is 0.416. The maximum atomic E-state index is 4.90. The Balaban J connectivity index is 1.58. The van der Waals surface area contributed by atoms with E-state index in [4.69, 9.17) is 9.97 Å². The largest absolute Gasteiger partial charge is 0.351 e. The molecule has 2 heterocycles. The predicted molar refractivity (Wildman–Crippen MR) is 126 cm³/mol. The number of nitrogens with zero attached hydrogens (tertiary/aromatic N) is 4. The summed E-state index contributed by atoms with van der Waals surface area (Å²) in [5.74, 6) is 1.44. The molecule has 2 aromatic heterocycles. The fourth-order valence-electron chi connectivity index (χ4n) is 4.27. The first-order chi connectivity index (χ1) is 15.3. The second-order valence-corrected chi connectivity index (χ2v) is 8.30. The van der Waals surface area contributed by atoms with Crippen LogP contribution in [0.3, 0.4) is 0 Å². The Morgan fingerprint density at radius 2 is 1.61 bits per heavy atom. The van der Waals surface area contributed by atoms with Crippen molar-refractivity contribution in [3.63, 3.8) is 0 Å². The number of fused-ring (bicyclic) bond motifs is 1. The lowest BCUT2D eigenvalue weighted by molar-refractivity contribution is 0.615. The van der Waals surface area contributed by atoms with Gasteiger partial charge in [0.1, 0.15) is 5.82 Å². The summed E-state index contributed by atoms with van der Waals surface area (Å²) in [7, 11) is 0. The van der Waals surface area contributed by atoms with Crippen molar-refractivity contribution in [1.29, 1.82) is 0 Å². The second-order valence-electron chi connectivity index (χ2n) is 8.30. The van der Waals surface area contributed by atoms with Crippen molar-refractivity contribution in [3.05, 3.63) is 66.4 Å². The van der Waals surface area contributed by atoms with E-state index in [-0.39, 0.29) is 0 Å². The molecule has 2 N–H and O–H groups in total. The SMILES string of the molecule is Cc1ccccc1Nc1nc(NC2CCCCCC2)nc2c1cnn2-c1ccccc1. The van der Waals surface area contributed by atoms with Crippen molar-refractivity contribution in [2.45, 2.75) is 51.5 Å². The number of anilines is 3. The standard InChI is InChI=1S/C25H28N6/c1-18-11-9-10-16-22(18)28-23-21-17-26-31(20-14-7-4-8-15-20)24(21)30-25(29-23)27-19-12-5-2-3-6-13-19/h4,7-11,14-17,19H,2-3,5-6,12-13H2,1H3,(H2,27,28,29,30). The molecule has 1 fully saturated rings. The van der Waals surface area contributed by atoms with E-state index >= 15 is 0 Å². The maximum absolute atomic E-state index is 4.90. The Morgan fingerprint density at radius 3 is 2.39 bits per heavy atom. The van der Waals surface area contributed by atoms with E-state index < -0.39 is 0 Å². The molecule has 31 heavy (non-hydrogen) atoms. The molecule has 0 radical (unpaired) electrons. The molecule has 6 nitrogen and oxygen atoms in total. The number of aryl methyl sites for hydroxylation is 1. The Kier molecular flexibility index (Phi) is 5.52. The molecule has 158 valence electrons. The second kappa shape index (κ2) is 8.76. The maximum Gasteiger partial charge on any atom is 0.226 e. The van der Waals surface area contributed by atoms with E-state index in [0.29, 0.717) is 12.0 Å². The predicted octanol–water partition coefficient (Wildman–Crippen LogP) is 6.00. The summed E-state index contributed by atoms with van der Waals surface area (Å²) >= 11 is 0. The van der Waals surface area contributed by atoms with Gasteiger partial charge in [0.2, 0.25) is 5.95 Å². The number of para-hydroxylation sites is 2. The van der Waals surface area contributed by atoms with Gasteiger partial charge in [-0.1, -0.05) is 62.1 Å². The van der Waals surface area contributed by atoms with Crippen LogP contribution in [0.1, 0.15) is 44.1 Å². The van der Waals surface area contributed by atoms with Gasteiger partial charge in [0.15, 0.2) is 5.65 Å². The van der Waals surface area contributed by atoms with Gasteiger partial charge >= 0.3 is 0 Å². The third-order valence-corrected chi connectivity index (χ3v) is 6.02. The molecule has 0 amide bonds. The van der Waals surface area contributed by atoms with Crippen LogP contribution in [0.5, 0.6) is 0 Å². The van der Waals surface area contributed by atoms with Gasteiger partial charge in [-0.15, -0.1) is 0 Å². The van der Waals surface area contributed by atoms with Crippen LogP contribution in [0.15, 0.2) is 60.8 Å². The fourth-order valence-corrected chi connectivity index (χ4v) is 4.27. The molecule has 0 bridgehead atoms. The lowest BCUT2D eigenvalue weighted by Crippen LogP contribution is -2.20. The summed E-state index contributed by atoms with van der Waals surface area (Å²) in [5.41, 5.74) is 3.99.